The van der Waals surface area contributed by atoms with Crippen LogP contribution >= 0.6 is 12.4 Å². The van der Waals surface area contributed by atoms with Crippen LogP contribution in [0.25, 0.3) is 0 Å². The Labute approximate surface area is 153 Å². The number of carbonyl (C=O) groups excluding carboxylic acids is 1. The minimum atomic E-state index is -3.70. The number of nitrogens with one attached hydrogen (secondary N) is 1. The molecule has 0 bridgehead atoms. The molecule has 7 nitrogen and oxygen atoms in total. The van der Waals surface area contributed by atoms with Gasteiger partial charge in [-0.3, -0.25) is 4.79 Å². The van der Waals surface area contributed by atoms with Gasteiger partial charge < -0.3 is 15.4 Å². The molecule has 0 spiro atoms. The fourth-order valence-corrected chi connectivity index (χ4v) is 3.91. The molecule has 1 aliphatic rings. The van der Waals surface area contributed by atoms with Gasteiger partial charge in [0.1, 0.15) is 11.9 Å². The molecular formula is C15H23ClFN3O4S. The average molecular weight is 396 g/mol. The van der Waals surface area contributed by atoms with Gasteiger partial charge in [-0.1, -0.05) is 0 Å². The van der Waals surface area contributed by atoms with E-state index in [-0.39, 0.29) is 35.9 Å². The fourth-order valence-electron chi connectivity index (χ4n) is 2.60. The van der Waals surface area contributed by atoms with Gasteiger partial charge in [0, 0.05) is 26.2 Å². The second-order valence-corrected chi connectivity index (χ2v) is 7.45. The molecule has 0 radical (unpaired) electrons. The van der Waals surface area contributed by atoms with Crippen LogP contribution in [0.4, 0.5) is 4.39 Å². The molecular weight excluding hydrogens is 373 g/mol. The van der Waals surface area contributed by atoms with Crippen LogP contribution in [0.1, 0.15) is 12.8 Å². The summed E-state index contributed by atoms with van der Waals surface area (Å²) in [6.07, 6.45) is 0.984. The summed E-state index contributed by atoms with van der Waals surface area (Å²) in [5.74, 6) is -0.690. The normalized spacial score (nSPS) is 17.0. The number of hydrogen-bond acceptors (Lipinski definition) is 5. The molecule has 1 saturated heterocycles. The third-order valence-electron chi connectivity index (χ3n) is 3.92. The Morgan fingerprint density at radius 1 is 1.36 bits per heavy atom. The Balaban J connectivity index is 0.00000312. The molecule has 1 fully saturated rings. The molecule has 25 heavy (non-hydrogen) atoms. The number of benzene rings is 1. The standard InChI is InChI=1S/C15H22FN3O4S.ClH/c1-23-10-14(17)15(20)19-8-6-12(7-9-19)18-24(21,22)13-4-2-11(16)3-5-13;/h2-5,12,14,18H,6-10,17H2,1H3;1H. The second kappa shape index (κ2) is 9.44. The van der Waals surface area contributed by atoms with Gasteiger partial charge in [-0.15, -0.1) is 12.4 Å². The van der Waals surface area contributed by atoms with E-state index in [4.69, 9.17) is 10.5 Å². The smallest absolute Gasteiger partial charge is 0.241 e. The van der Waals surface area contributed by atoms with Crippen LogP contribution in [-0.2, 0) is 19.6 Å². The maximum absolute atomic E-state index is 12.9. The van der Waals surface area contributed by atoms with E-state index >= 15 is 0 Å². The van der Waals surface area contributed by atoms with Crippen molar-refractivity contribution in [1.82, 2.24) is 9.62 Å². The predicted molar refractivity (Wildman–Crippen MR) is 93.4 cm³/mol. The van der Waals surface area contributed by atoms with E-state index in [1.165, 1.54) is 19.2 Å². The third-order valence-corrected chi connectivity index (χ3v) is 5.45. The summed E-state index contributed by atoms with van der Waals surface area (Å²) in [6, 6.07) is 3.67. The molecule has 1 unspecified atom stereocenters. The van der Waals surface area contributed by atoms with Gasteiger partial charge >= 0.3 is 0 Å². The van der Waals surface area contributed by atoms with Crippen molar-refractivity contribution in [1.29, 1.82) is 0 Å². The zero-order valence-corrected chi connectivity index (χ0v) is 15.5. The van der Waals surface area contributed by atoms with E-state index in [1.807, 2.05) is 0 Å². The first kappa shape index (κ1) is 21.8. The van der Waals surface area contributed by atoms with E-state index in [0.717, 1.165) is 12.1 Å². The number of rotatable bonds is 6. The van der Waals surface area contributed by atoms with E-state index in [0.29, 0.717) is 25.9 Å². The Morgan fingerprint density at radius 3 is 2.44 bits per heavy atom. The van der Waals surface area contributed by atoms with Crippen LogP contribution in [0.15, 0.2) is 29.2 Å². The van der Waals surface area contributed by atoms with Crippen molar-refractivity contribution in [2.24, 2.45) is 5.73 Å². The monoisotopic (exact) mass is 395 g/mol. The molecule has 142 valence electrons. The number of carbonyl (C=O) groups is 1. The molecule has 1 aromatic carbocycles. The zero-order chi connectivity index (χ0) is 17.7. The summed E-state index contributed by atoms with van der Waals surface area (Å²) >= 11 is 0. The van der Waals surface area contributed by atoms with Crippen molar-refractivity contribution in [3.8, 4) is 0 Å². The van der Waals surface area contributed by atoms with Crippen molar-refractivity contribution >= 4 is 28.3 Å². The summed E-state index contributed by atoms with van der Waals surface area (Å²) in [5, 5.41) is 0. The van der Waals surface area contributed by atoms with Crippen molar-refractivity contribution in [2.45, 2.75) is 29.8 Å². The molecule has 1 aliphatic heterocycles. The molecule has 10 heteroatoms. The average Bonchev–Trinajstić information content (AvgIpc) is 2.55. The number of methoxy groups -OCH3 is 1. The zero-order valence-electron chi connectivity index (χ0n) is 13.9. The van der Waals surface area contributed by atoms with Gasteiger partial charge in [0.25, 0.3) is 0 Å². The van der Waals surface area contributed by atoms with Crippen molar-refractivity contribution in [2.75, 3.05) is 26.8 Å². The van der Waals surface area contributed by atoms with Crippen LogP contribution in [0.5, 0.6) is 0 Å². The lowest BCUT2D eigenvalue weighted by molar-refractivity contribution is -0.134. The minimum absolute atomic E-state index is 0. The number of nitrogens with zero attached hydrogens (tertiary/aromatic N) is 1. The van der Waals surface area contributed by atoms with Gasteiger partial charge in [0.15, 0.2) is 0 Å². The number of amides is 1. The number of likely N-dealkylation sites (tertiary alicyclic amines) is 1. The van der Waals surface area contributed by atoms with Crippen LogP contribution in [0.2, 0.25) is 0 Å². The van der Waals surface area contributed by atoms with Crippen molar-refractivity contribution in [3.63, 3.8) is 0 Å². The highest BCUT2D eigenvalue weighted by atomic mass is 35.5. The van der Waals surface area contributed by atoms with E-state index in [1.54, 1.807) is 4.90 Å². The summed E-state index contributed by atoms with van der Waals surface area (Å²) in [5.41, 5.74) is 5.72. The largest absolute Gasteiger partial charge is 0.383 e. The van der Waals surface area contributed by atoms with Crippen molar-refractivity contribution < 1.29 is 22.3 Å². The Bertz CT molecular complexity index is 664. The SMILES string of the molecule is COCC(N)C(=O)N1CCC(NS(=O)(=O)c2ccc(F)cc2)CC1.Cl. The van der Waals surface area contributed by atoms with Gasteiger partial charge in [-0.05, 0) is 37.1 Å². The molecule has 0 aromatic heterocycles. The first-order chi connectivity index (χ1) is 11.3. The third kappa shape index (κ3) is 5.89. The second-order valence-electron chi connectivity index (χ2n) is 5.74. The minimum Gasteiger partial charge on any atom is -0.383 e. The maximum Gasteiger partial charge on any atom is 0.241 e. The van der Waals surface area contributed by atoms with Crippen LogP contribution in [-0.4, -0.2) is 58.1 Å². The number of sulfonamides is 1. The van der Waals surface area contributed by atoms with E-state index in [2.05, 4.69) is 4.72 Å². The molecule has 0 aliphatic carbocycles. The Morgan fingerprint density at radius 2 is 1.92 bits per heavy atom. The molecule has 2 rings (SSSR count). The maximum atomic E-state index is 12.9. The van der Waals surface area contributed by atoms with Gasteiger partial charge in [-0.25, -0.2) is 17.5 Å². The summed E-state index contributed by atoms with van der Waals surface area (Å²) < 4.78 is 44.9. The van der Waals surface area contributed by atoms with E-state index in [9.17, 15) is 17.6 Å². The first-order valence-corrected chi connectivity index (χ1v) is 9.13. The molecule has 1 amide bonds. The molecule has 3 N–H and O–H groups in total. The summed E-state index contributed by atoms with van der Waals surface area (Å²) in [4.78, 5) is 13.7. The number of ether oxygens (including phenoxy) is 1. The van der Waals surface area contributed by atoms with Gasteiger partial charge in [-0.2, -0.15) is 0 Å². The number of nitrogens with two attached hydrogens (primary N) is 1. The highest BCUT2D eigenvalue weighted by molar-refractivity contribution is 7.89. The lowest BCUT2D eigenvalue weighted by atomic mass is 10.1. The summed E-state index contributed by atoms with van der Waals surface area (Å²) in [7, 11) is -2.23. The predicted octanol–water partition coefficient (Wildman–Crippen LogP) is 0.490. The van der Waals surface area contributed by atoms with Crippen LogP contribution in [0.3, 0.4) is 0 Å². The quantitative estimate of drug-likeness (QED) is 0.730. The Hall–Kier alpha value is -1.26. The molecule has 0 saturated carbocycles. The number of hydrogen-bond donors (Lipinski definition) is 2. The lowest BCUT2D eigenvalue weighted by Gasteiger charge is -2.33. The highest BCUT2D eigenvalue weighted by Crippen LogP contribution is 2.16. The molecule has 1 aromatic rings. The number of halogens is 2. The van der Waals surface area contributed by atoms with Crippen molar-refractivity contribution in [3.05, 3.63) is 30.1 Å². The fraction of sp³-hybridized carbons (Fsp3) is 0.533. The number of piperidine rings is 1. The Kier molecular flexibility index (Phi) is 8.23. The van der Waals surface area contributed by atoms with Crippen LogP contribution in [0, 0.1) is 5.82 Å². The van der Waals surface area contributed by atoms with Gasteiger partial charge in [0.05, 0.1) is 11.5 Å². The van der Waals surface area contributed by atoms with E-state index < -0.39 is 21.9 Å². The lowest BCUT2D eigenvalue weighted by Crippen LogP contribution is -2.52. The topological polar surface area (TPSA) is 102 Å². The summed E-state index contributed by atoms with van der Waals surface area (Å²) in [6.45, 7) is 0.996. The van der Waals surface area contributed by atoms with Gasteiger partial charge in [0.2, 0.25) is 15.9 Å². The van der Waals surface area contributed by atoms with Crippen LogP contribution < -0.4 is 10.5 Å². The first-order valence-electron chi connectivity index (χ1n) is 7.64. The molecule has 1 atom stereocenters. The molecule has 1 heterocycles. The highest BCUT2D eigenvalue weighted by Gasteiger charge is 2.28.